The van der Waals surface area contributed by atoms with Crippen LogP contribution < -0.4 is 5.73 Å². The Kier molecular flexibility index (Phi) is 3.84. The first kappa shape index (κ1) is 14.3. The maximum Gasteiger partial charge on any atom is 0.266 e. The van der Waals surface area contributed by atoms with Crippen molar-refractivity contribution < 1.29 is 4.79 Å². The molecular formula is C14H12ClN3OS2. The smallest absolute Gasteiger partial charge is 0.266 e. The molecule has 0 spiro atoms. The second-order valence-electron chi connectivity index (χ2n) is 4.63. The Balaban J connectivity index is 1.92. The van der Waals surface area contributed by atoms with E-state index in [9.17, 15) is 4.79 Å². The summed E-state index contributed by atoms with van der Waals surface area (Å²) in [7, 11) is 1.75. The van der Waals surface area contributed by atoms with Crippen molar-refractivity contribution in [3.8, 4) is 0 Å². The van der Waals surface area contributed by atoms with E-state index in [2.05, 4.69) is 4.98 Å². The molecule has 3 aromatic rings. The first-order chi connectivity index (χ1) is 10.1. The van der Waals surface area contributed by atoms with Crippen LogP contribution in [0.3, 0.4) is 0 Å². The summed E-state index contributed by atoms with van der Waals surface area (Å²) >= 11 is 8.88. The molecule has 0 bridgehead atoms. The number of nitrogens with two attached hydrogens (primary N) is 1. The van der Waals surface area contributed by atoms with E-state index in [1.165, 1.54) is 22.7 Å². The van der Waals surface area contributed by atoms with Crippen molar-refractivity contribution in [2.45, 2.75) is 6.54 Å². The van der Waals surface area contributed by atoms with Crippen LogP contribution >= 0.6 is 34.3 Å². The average molecular weight is 338 g/mol. The number of rotatable bonds is 3. The standard InChI is InChI=1S/C14H12ClN3OS2/c1-18(5-9-6-20-7-17-9)14(19)13-12(16)10-4-8(15)2-3-11(10)21-13/h2-4,6-7H,5,16H2,1H3. The molecule has 0 aliphatic heterocycles. The van der Waals surface area contributed by atoms with Crippen molar-refractivity contribution in [3.05, 3.63) is 44.7 Å². The van der Waals surface area contributed by atoms with Gasteiger partial charge in [0, 0.05) is 27.5 Å². The van der Waals surface area contributed by atoms with Gasteiger partial charge in [0.05, 0.1) is 23.4 Å². The summed E-state index contributed by atoms with van der Waals surface area (Å²) in [6.45, 7) is 0.469. The number of hydrogen-bond donors (Lipinski definition) is 1. The monoisotopic (exact) mass is 337 g/mol. The molecule has 2 N–H and O–H groups in total. The molecule has 4 nitrogen and oxygen atoms in total. The molecule has 3 rings (SSSR count). The molecule has 0 atom stereocenters. The highest BCUT2D eigenvalue weighted by atomic mass is 35.5. The quantitative estimate of drug-likeness (QED) is 0.789. The molecule has 1 aromatic carbocycles. The van der Waals surface area contributed by atoms with Gasteiger partial charge in [0.25, 0.3) is 5.91 Å². The van der Waals surface area contributed by atoms with Crippen LogP contribution in [0.15, 0.2) is 29.1 Å². The van der Waals surface area contributed by atoms with E-state index in [1.807, 2.05) is 11.4 Å². The minimum Gasteiger partial charge on any atom is -0.397 e. The molecule has 0 saturated heterocycles. The van der Waals surface area contributed by atoms with Gasteiger partial charge in [0.15, 0.2) is 0 Å². The van der Waals surface area contributed by atoms with Crippen LogP contribution in [-0.2, 0) is 6.54 Å². The van der Waals surface area contributed by atoms with Crippen LogP contribution in [0.4, 0.5) is 5.69 Å². The van der Waals surface area contributed by atoms with Crippen molar-refractivity contribution in [3.63, 3.8) is 0 Å². The number of aromatic nitrogens is 1. The number of anilines is 1. The summed E-state index contributed by atoms with van der Waals surface area (Å²) in [5, 5.41) is 3.37. The zero-order valence-corrected chi connectivity index (χ0v) is 13.6. The highest BCUT2D eigenvalue weighted by Crippen LogP contribution is 2.35. The number of fused-ring (bicyclic) bond motifs is 1. The topological polar surface area (TPSA) is 59.2 Å². The van der Waals surface area contributed by atoms with Crippen molar-refractivity contribution in [1.82, 2.24) is 9.88 Å². The summed E-state index contributed by atoms with van der Waals surface area (Å²) in [5.74, 6) is -0.0992. The third-order valence-electron chi connectivity index (χ3n) is 3.11. The maximum atomic E-state index is 12.5. The first-order valence-electron chi connectivity index (χ1n) is 6.16. The Morgan fingerprint density at radius 2 is 2.29 bits per heavy atom. The highest BCUT2D eigenvalue weighted by Gasteiger charge is 2.20. The zero-order chi connectivity index (χ0) is 15.0. The Morgan fingerprint density at radius 1 is 1.48 bits per heavy atom. The summed E-state index contributed by atoms with van der Waals surface area (Å²) in [4.78, 5) is 18.9. The van der Waals surface area contributed by atoms with E-state index in [0.717, 1.165) is 15.8 Å². The maximum absolute atomic E-state index is 12.5. The summed E-state index contributed by atoms with van der Waals surface area (Å²) < 4.78 is 0.960. The van der Waals surface area contributed by atoms with E-state index < -0.39 is 0 Å². The fourth-order valence-electron chi connectivity index (χ4n) is 2.05. The molecule has 0 fully saturated rings. The van der Waals surface area contributed by atoms with Gasteiger partial charge in [-0.1, -0.05) is 11.6 Å². The average Bonchev–Trinajstić information content (AvgIpc) is 3.07. The lowest BCUT2D eigenvalue weighted by Gasteiger charge is -2.15. The van der Waals surface area contributed by atoms with Gasteiger partial charge in [-0.25, -0.2) is 4.98 Å². The number of thiazole rings is 1. The van der Waals surface area contributed by atoms with Gasteiger partial charge in [-0.15, -0.1) is 22.7 Å². The van der Waals surface area contributed by atoms with E-state index in [1.54, 1.807) is 29.6 Å². The van der Waals surface area contributed by atoms with Crippen molar-refractivity contribution in [1.29, 1.82) is 0 Å². The lowest BCUT2D eigenvalue weighted by Crippen LogP contribution is -2.26. The third kappa shape index (κ3) is 2.74. The molecule has 0 saturated carbocycles. The number of halogens is 1. The SMILES string of the molecule is CN(Cc1cscn1)C(=O)c1sc2ccc(Cl)cc2c1N. The highest BCUT2D eigenvalue weighted by molar-refractivity contribution is 7.21. The number of hydrogen-bond acceptors (Lipinski definition) is 5. The fourth-order valence-corrected chi connectivity index (χ4v) is 3.87. The third-order valence-corrected chi connectivity index (χ3v) is 5.16. The second-order valence-corrected chi connectivity index (χ2v) is 6.83. The molecule has 0 aliphatic rings. The Labute approximate surface area is 134 Å². The van der Waals surface area contributed by atoms with E-state index in [4.69, 9.17) is 17.3 Å². The van der Waals surface area contributed by atoms with Gasteiger partial charge in [-0.05, 0) is 18.2 Å². The molecular weight excluding hydrogens is 326 g/mol. The van der Waals surface area contributed by atoms with E-state index in [0.29, 0.717) is 22.1 Å². The summed E-state index contributed by atoms with van der Waals surface area (Å²) in [6.07, 6.45) is 0. The molecule has 0 radical (unpaired) electrons. The molecule has 2 aromatic heterocycles. The van der Waals surface area contributed by atoms with Gasteiger partial charge in [-0.3, -0.25) is 4.79 Å². The summed E-state index contributed by atoms with van der Waals surface area (Å²) in [5.41, 5.74) is 9.23. The van der Waals surface area contributed by atoms with Crippen molar-refractivity contribution in [2.75, 3.05) is 12.8 Å². The molecule has 21 heavy (non-hydrogen) atoms. The van der Waals surface area contributed by atoms with Crippen molar-refractivity contribution in [2.24, 2.45) is 0 Å². The Bertz CT molecular complexity index is 798. The molecule has 1 amide bonds. The summed E-state index contributed by atoms with van der Waals surface area (Å²) in [6, 6.07) is 5.48. The second kappa shape index (κ2) is 5.63. The lowest BCUT2D eigenvalue weighted by molar-refractivity contribution is 0.0789. The van der Waals surface area contributed by atoms with Crippen LogP contribution in [0.5, 0.6) is 0 Å². The number of nitrogens with zero attached hydrogens (tertiary/aromatic N) is 2. The minimum absolute atomic E-state index is 0.0992. The van der Waals surface area contributed by atoms with Gasteiger partial charge in [0.2, 0.25) is 0 Å². The fraction of sp³-hybridized carbons (Fsp3) is 0.143. The number of carbonyl (C=O) groups is 1. The van der Waals surface area contributed by atoms with Crippen LogP contribution in [0.1, 0.15) is 15.4 Å². The number of benzene rings is 1. The van der Waals surface area contributed by atoms with Gasteiger partial charge >= 0.3 is 0 Å². The van der Waals surface area contributed by atoms with Gasteiger partial charge in [-0.2, -0.15) is 0 Å². The predicted octanol–water partition coefficient (Wildman–Crippen LogP) is 3.87. The van der Waals surface area contributed by atoms with E-state index >= 15 is 0 Å². The number of nitrogen functional groups attached to an aromatic ring is 1. The number of carbonyl (C=O) groups excluding carboxylic acids is 1. The zero-order valence-electron chi connectivity index (χ0n) is 11.2. The molecule has 7 heteroatoms. The molecule has 0 unspecified atom stereocenters. The van der Waals surface area contributed by atoms with E-state index in [-0.39, 0.29) is 5.91 Å². The van der Waals surface area contributed by atoms with Gasteiger partial charge in [0.1, 0.15) is 4.88 Å². The largest absolute Gasteiger partial charge is 0.397 e. The van der Waals surface area contributed by atoms with Crippen molar-refractivity contribution >= 4 is 56.0 Å². The van der Waals surface area contributed by atoms with Crippen LogP contribution in [0, 0.1) is 0 Å². The molecule has 2 heterocycles. The minimum atomic E-state index is -0.0992. The van der Waals surface area contributed by atoms with Crippen LogP contribution in [0.2, 0.25) is 5.02 Å². The predicted molar refractivity (Wildman–Crippen MR) is 89.2 cm³/mol. The van der Waals surface area contributed by atoms with Crippen LogP contribution in [-0.4, -0.2) is 22.8 Å². The molecule has 108 valence electrons. The Morgan fingerprint density at radius 3 is 3.00 bits per heavy atom. The number of amides is 1. The first-order valence-corrected chi connectivity index (χ1v) is 8.30. The van der Waals surface area contributed by atoms with Crippen LogP contribution in [0.25, 0.3) is 10.1 Å². The number of thiophene rings is 1. The van der Waals surface area contributed by atoms with Gasteiger partial charge < -0.3 is 10.6 Å². The lowest BCUT2D eigenvalue weighted by atomic mass is 10.2. The molecule has 0 aliphatic carbocycles. The Hall–Kier alpha value is -1.63. The normalized spacial score (nSPS) is 11.0.